The molecule has 0 saturated carbocycles. The summed E-state index contributed by atoms with van der Waals surface area (Å²) in [5.41, 5.74) is 1.47. The van der Waals surface area contributed by atoms with Crippen molar-refractivity contribution in [3.05, 3.63) is 90.9 Å². The normalized spacial score (nSPS) is 10.9. The number of hydrogen-bond donors (Lipinski definition) is 1. The third-order valence-corrected chi connectivity index (χ3v) is 5.43. The van der Waals surface area contributed by atoms with Gasteiger partial charge in [0.2, 0.25) is 0 Å². The van der Waals surface area contributed by atoms with Crippen LogP contribution in [0.2, 0.25) is 10.0 Å². The van der Waals surface area contributed by atoms with Crippen LogP contribution in [0.4, 0.5) is 4.39 Å². The minimum Gasteiger partial charge on any atom is -0.477 e. The summed E-state index contributed by atoms with van der Waals surface area (Å²) in [7, 11) is 0. The molecule has 0 amide bonds. The van der Waals surface area contributed by atoms with Crippen LogP contribution >= 0.6 is 23.2 Å². The molecule has 1 heterocycles. The first-order valence-corrected chi connectivity index (χ1v) is 9.69. The predicted molar refractivity (Wildman–Crippen MR) is 113 cm³/mol. The molecule has 0 aliphatic carbocycles. The summed E-state index contributed by atoms with van der Waals surface area (Å²) < 4.78 is 16.0. The molecule has 0 unspecified atom stereocenters. The molecule has 2 aromatic carbocycles. The zero-order valence-electron chi connectivity index (χ0n) is 15.8. The molecular weight excluding hydrogens is 416 g/mol. The summed E-state index contributed by atoms with van der Waals surface area (Å²) in [5.74, 6) is -1.73. The van der Waals surface area contributed by atoms with Crippen LogP contribution in [0.1, 0.15) is 34.1 Å². The molecule has 0 aliphatic heterocycles. The Balaban J connectivity index is 2.30. The Kier molecular flexibility index (Phi) is 6.10. The fourth-order valence-corrected chi connectivity index (χ4v) is 3.69. The van der Waals surface area contributed by atoms with Crippen molar-refractivity contribution in [3.63, 3.8) is 0 Å². The van der Waals surface area contributed by atoms with Crippen LogP contribution in [0.25, 0.3) is 11.3 Å². The highest BCUT2D eigenvalue weighted by Gasteiger charge is 2.22. The zero-order valence-corrected chi connectivity index (χ0v) is 17.3. The van der Waals surface area contributed by atoms with Crippen molar-refractivity contribution >= 4 is 29.2 Å². The van der Waals surface area contributed by atoms with Crippen molar-refractivity contribution < 1.29 is 14.3 Å². The van der Waals surface area contributed by atoms with E-state index in [9.17, 15) is 19.1 Å². The van der Waals surface area contributed by atoms with E-state index < -0.39 is 11.4 Å². The van der Waals surface area contributed by atoms with Crippen molar-refractivity contribution in [2.75, 3.05) is 0 Å². The number of aromatic nitrogens is 1. The molecule has 0 bridgehead atoms. The average molecular weight is 434 g/mol. The Morgan fingerprint density at radius 2 is 1.83 bits per heavy atom. The summed E-state index contributed by atoms with van der Waals surface area (Å²) in [6, 6.07) is 10.7. The van der Waals surface area contributed by atoms with Crippen molar-refractivity contribution in [1.29, 1.82) is 0 Å². The molecule has 3 aromatic rings. The molecule has 3 rings (SSSR count). The van der Waals surface area contributed by atoms with E-state index in [0.717, 1.165) is 5.56 Å². The van der Waals surface area contributed by atoms with E-state index in [1.54, 1.807) is 28.8 Å². The number of hydrogen-bond acceptors (Lipinski definition) is 2. The van der Waals surface area contributed by atoms with Crippen molar-refractivity contribution in [2.45, 2.75) is 26.8 Å². The van der Waals surface area contributed by atoms with E-state index in [2.05, 4.69) is 0 Å². The number of carboxylic acids is 1. The van der Waals surface area contributed by atoms with E-state index in [1.807, 2.05) is 13.8 Å². The van der Waals surface area contributed by atoms with Crippen LogP contribution in [0.15, 0.2) is 47.3 Å². The van der Waals surface area contributed by atoms with Gasteiger partial charge in [-0.15, -0.1) is 0 Å². The average Bonchev–Trinajstić information content (AvgIpc) is 2.66. The van der Waals surface area contributed by atoms with Gasteiger partial charge in [0.05, 0.1) is 15.7 Å². The van der Waals surface area contributed by atoms with E-state index in [4.69, 9.17) is 23.2 Å². The minimum absolute atomic E-state index is 0.144. The number of aryl methyl sites for hydroxylation is 1. The zero-order chi connectivity index (χ0) is 21.3. The summed E-state index contributed by atoms with van der Waals surface area (Å²) in [6.07, 6.45) is 0.144. The maximum absolute atomic E-state index is 14.3. The van der Waals surface area contributed by atoms with Gasteiger partial charge >= 0.3 is 5.97 Å². The highest BCUT2D eigenvalue weighted by atomic mass is 35.5. The topological polar surface area (TPSA) is 59.3 Å². The summed E-state index contributed by atoms with van der Waals surface area (Å²) in [5, 5.41) is 10.2. The molecule has 150 valence electrons. The summed E-state index contributed by atoms with van der Waals surface area (Å²) >= 11 is 12.1. The Morgan fingerprint density at radius 1 is 1.10 bits per heavy atom. The molecule has 7 heteroatoms. The molecule has 0 spiro atoms. The quantitative estimate of drug-likeness (QED) is 0.571. The lowest BCUT2D eigenvalue weighted by Crippen LogP contribution is -2.23. The van der Waals surface area contributed by atoms with Gasteiger partial charge in [0.25, 0.3) is 0 Å². The third-order valence-electron chi connectivity index (χ3n) is 4.69. The van der Waals surface area contributed by atoms with E-state index in [-0.39, 0.29) is 28.5 Å². The van der Waals surface area contributed by atoms with Crippen LogP contribution in [0, 0.1) is 12.7 Å². The Hall–Kier alpha value is -2.63. The second-order valence-electron chi connectivity index (χ2n) is 6.67. The minimum atomic E-state index is -1.34. The van der Waals surface area contributed by atoms with Crippen molar-refractivity contribution in [3.8, 4) is 11.3 Å². The molecule has 0 atom stereocenters. The van der Waals surface area contributed by atoms with Crippen LogP contribution in [-0.4, -0.2) is 15.6 Å². The van der Waals surface area contributed by atoms with Gasteiger partial charge in [-0.3, -0.25) is 4.79 Å². The molecule has 1 aromatic heterocycles. The maximum Gasteiger partial charge on any atom is 0.341 e. The standard InChI is InChI=1S/C22H18Cl2FNO3/c1-3-26-15(9-14-8-12(2)4-7-18(14)25)11-19(27)20(22(28)29)21(26)13-5-6-16(23)17(24)10-13/h4-8,10-11H,3,9H2,1-2H3,(H,28,29). The molecule has 0 aliphatic rings. The first-order valence-electron chi connectivity index (χ1n) is 8.93. The van der Waals surface area contributed by atoms with E-state index in [1.165, 1.54) is 18.2 Å². The van der Waals surface area contributed by atoms with Crippen LogP contribution < -0.4 is 5.43 Å². The van der Waals surface area contributed by atoms with E-state index in [0.29, 0.717) is 28.4 Å². The molecule has 0 fully saturated rings. The lowest BCUT2D eigenvalue weighted by Gasteiger charge is -2.20. The summed E-state index contributed by atoms with van der Waals surface area (Å²) in [4.78, 5) is 24.6. The monoisotopic (exact) mass is 433 g/mol. The molecule has 29 heavy (non-hydrogen) atoms. The van der Waals surface area contributed by atoms with Gasteiger partial charge in [-0.1, -0.05) is 47.0 Å². The molecule has 1 N–H and O–H groups in total. The molecule has 0 saturated heterocycles. The van der Waals surface area contributed by atoms with E-state index >= 15 is 0 Å². The van der Waals surface area contributed by atoms with Crippen LogP contribution in [0.3, 0.4) is 0 Å². The van der Waals surface area contributed by atoms with Gasteiger partial charge in [-0.2, -0.15) is 0 Å². The fraction of sp³-hybridized carbons (Fsp3) is 0.182. The number of halogens is 3. The number of carbonyl (C=O) groups is 1. The Bertz CT molecular complexity index is 1170. The number of benzene rings is 2. The number of rotatable bonds is 5. The second kappa shape index (κ2) is 8.39. The maximum atomic E-state index is 14.3. The highest BCUT2D eigenvalue weighted by Crippen LogP contribution is 2.31. The van der Waals surface area contributed by atoms with Crippen LogP contribution in [0.5, 0.6) is 0 Å². The predicted octanol–water partition coefficient (Wildman–Crippen LogP) is 5.58. The Morgan fingerprint density at radius 3 is 2.45 bits per heavy atom. The van der Waals surface area contributed by atoms with Gasteiger partial charge in [-0.05, 0) is 37.6 Å². The fourth-order valence-electron chi connectivity index (χ4n) is 3.39. The molecule has 0 radical (unpaired) electrons. The Labute approximate surface area is 177 Å². The lowest BCUT2D eigenvalue weighted by molar-refractivity contribution is 0.0695. The van der Waals surface area contributed by atoms with Crippen LogP contribution in [-0.2, 0) is 13.0 Å². The van der Waals surface area contributed by atoms with Crippen molar-refractivity contribution in [2.24, 2.45) is 0 Å². The molecular formula is C22H18Cl2FNO3. The van der Waals surface area contributed by atoms with Gasteiger partial charge in [0.15, 0.2) is 5.43 Å². The number of carboxylic acid groups (broad SMARTS) is 1. The smallest absolute Gasteiger partial charge is 0.341 e. The van der Waals surface area contributed by atoms with Gasteiger partial charge in [0.1, 0.15) is 11.4 Å². The second-order valence-corrected chi connectivity index (χ2v) is 7.49. The first-order chi connectivity index (χ1) is 13.7. The van der Waals surface area contributed by atoms with Gasteiger partial charge in [0, 0.05) is 30.3 Å². The first kappa shape index (κ1) is 21.1. The number of aromatic carboxylic acids is 1. The number of pyridine rings is 1. The third kappa shape index (κ3) is 4.21. The molecule has 4 nitrogen and oxygen atoms in total. The van der Waals surface area contributed by atoms with Crippen molar-refractivity contribution in [1.82, 2.24) is 4.57 Å². The van der Waals surface area contributed by atoms with Gasteiger partial charge in [-0.25, -0.2) is 9.18 Å². The summed E-state index contributed by atoms with van der Waals surface area (Å²) in [6.45, 7) is 4.05. The SMILES string of the molecule is CCn1c(Cc2cc(C)ccc2F)cc(=O)c(C(=O)O)c1-c1ccc(Cl)c(Cl)c1. The largest absolute Gasteiger partial charge is 0.477 e. The van der Waals surface area contributed by atoms with Gasteiger partial charge < -0.3 is 9.67 Å². The lowest BCUT2D eigenvalue weighted by atomic mass is 10.0. The highest BCUT2D eigenvalue weighted by molar-refractivity contribution is 6.42. The number of nitrogens with zero attached hydrogens (tertiary/aromatic N) is 1.